The summed E-state index contributed by atoms with van der Waals surface area (Å²) in [6.45, 7) is 11.0. The van der Waals surface area contributed by atoms with Crippen LogP contribution < -0.4 is 5.73 Å². The van der Waals surface area contributed by atoms with Gasteiger partial charge < -0.3 is 5.73 Å². The number of rotatable bonds is 4. The van der Waals surface area contributed by atoms with E-state index in [0.717, 1.165) is 12.3 Å². The number of halogens is 1. The first-order chi connectivity index (χ1) is 7.41. The quantitative estimate of drug-likeness (QED) is 0.844. The van der Waals surface area contributed by atoms with Crippen molar-refractivity contribution < 1.29 is 0 Å². The Balaban J connectivity index is 0.00000256. The van der Waals surface area contributed by atoms with Crippen LogP contribution in [0.5, 0.6) is 0 Å². The molecule has 0 aliphatic heterocycles. The van der Waals surface area contributed by atoms with E-state index in [0.29, 0.717) is 0 Å². The molecule has 0 spiro atoms. The van der Waals surface area contributed by atoms with Gasteiger partial charge in [-0.25, -0.2) is 0 Å². The fourth-order valence-corrected chi connectivity index (χ4v) is 2.43. The second-order valence-corrected chi connectivity index (χ2v) is 5.39. The second kappa shape index (κ2) is 7.03. The number of nitrogens with two attached hydrogens (primary N) is 1. The van der Waals surface area contributed by atoms with Gasteiger partial charge in [-0.1, -0.05) is 31.5 Å². The zero-order valence-corrected chi connectivity index (χ0v) is 12.5. The molecule has 0 unspecified atom stereocenters. The lowest BCUT2D eigenvalue weighted by Crippen LogP contribution is -2.14. The van der Waals surface area contributed by atoms with E-state index in [1.54, 1.807) is 0 Å². The molecule has 17 heavy (non-hydrogen) atoms. The molecule has 0 bridgehead atoms. The maximum Gasteiger partial charge on any atom is 0.0300 e. The van der Waals surface area contributed by atoms with Gasteiger partial charge in [0.25, 0.3) is 0 Å². The maximum atomic E-state index is 6.30. The van der Waals surface area contributed by atoms with Crippen LogP contribution in [-0.2, 0) is 0 Å². The van der Waals surface area contributed by atoms with E-state index in [1.807, 2.05) is 0 Å². The molecular formula is C15H26ClN. The lowest BCUT2D eigenvalue weighted by molar-refractivity contribution is 0.505. The third-order valence-corrected chi connectivity index (χ3v) is 3.16. The van der Waals surface area contributed by atoms with Gasteiger partial charge in [-0.3, -0.25) is 0 Å². The molecule has 0 aliphatic carbocycles. The van der Waals surface area contributed by atoms with Crippen molar-refractivity contribution in [1.29, 1.82) is 0 Å². The molecule has 0 radical (unpaired) electrons. The molecular weight excluding hydrogens is 230 g/mol. The lowest BCUT2D eigenvalue weighted by Gasteiger charge is -2.19. The Kier molecular flexibility index (Phi) is 6.81. The number of benzene rings is 1. The molecule has 1 nitrogen and oxygen atoms in total. The summed E-state index contributed by atoms with van der Waals surface area (Å²) in [5, 5.41) is 0. The van der Waals surface area contributed by atoms with Gasteiger partial charge in [0.2, 0.25) is 0 Å². The van der Waals surface area contributed by atoms with Crippen LogP contribution in [0.1, 0.15) is 55.0 Å². The number of hydrogen-bond donors (Lipinski definition) is 1. The Morgan fingerprint density at radius 3 is 1.88 bits per heavy atom. The average molecular weight is 256 g/mol. The van der Waals surface area contributed by atoms with Gasteiger partial charge in [0.15, 0.2) is 0 Å². The van der Waals surface area contributed by atoms with Gasteiger partial charge >= 0.3 is 0 Å². The van der Waals surface area contributed by atoms with Gasteiger partial charge in [0, 0.05) is 6.04 Å². The first-order valence-electron chi connectivity index (χ1n) is 6.25. The van der Waals surface area contributed by atoms with Crippen LogP contribution in [0.15, 0.2) is 12.1 Å². The van der Waals surface area contributed by atoms with Crippen LogP contribution in [0.4, 0.5) is 0 Å². The van der Waals surface area contributed by atoms with Crippen molar-refractivity contribution in [3.8, 4) is 0 Å². The van der Waals surface area contributed by atoms with E-state index in [9.17, 15) is 0 Å². The SMILES string of the molecule is Cc1cc(C)c([C@H](N)CCC(C)C)c(C)c1.Cl. The Labute approximate surface area is 112 Å². The third kappa shape index (κ3) is 4.69. The molecule has 98 valence electrons. The summed E-state index contributed by atoms with van der Waals surface area (Å²) in [6, 6.07) is 4.66. The van der Waals surface area contributed by atoms with Crippen molar-refractivity contribution in [2.45, 2.75) is 53.5 Å². The molecule has 0 saturated heterocycles. The first-order valence-corrected chi connectivity index (χ1v) is 6.25. The van der Waals surface area contributed by atoms with Gasteiger partial charge in [0.1, 0.15) is 0 Å². The van der Waals surface area contributed by atoms with E-state index < -0.39 is 0 Å². The van der Waals surface area contributed by atoms with Crippen LogP contribution in [0, 0.1) is 26.7 Å². The van der Waals surface area contributed by atoms with Gasteiger partial charge in [-0.15, -0.1) is 12.4 Å². The molecule has 1 atom stereocenters. The highest BCUT2D eigenvalue weighted by Crippen LogP contribution is 2.26. The molecule has 0 aromatic heterocycles. The topological polar surface area (TPSA) is 26.0 Å². The highest BCUT2D eigenvalue weighted by atomic mass is 35.5. The minimum absolute atomic E-state index is 0. The molecule has 1 rings (SSSR count). The second-order valence-electron chi connectivity index (χ2n) is 5.39. The Bertz CT molecular complexity index is 335. The Morgan fingerprint density at radius 1 is 1.00 bits per heavy atom. The molecule has 1 aromatic carbocycles. The molecule has 2 heteroatoms. The standard InChI is InChI=1S/C15H25N.ClH/c1-10(2)6-7-14(16)15-12(4)8-11(3)9-13(15)5;/h8-10,14H,6-7,16H2,1-5H3;1H/t14-;/m1./s1. The molecule has 0 heterocycles. The summed E-state index contributed by atoms with van der Waals surface area (Å²) in [7, 11) is 0. The normalized spacial score (nSPS) is 12.4. The van der Waals surface area contributed by atoms with Crippen molar-refractivity contribution in [2.75, 3.05) is 0 Å². The smallest absolute Gasteiger partial charge is 0.0300 e. The van der Waals surface area contributed by atoms with E-state index >= 15 is 0 Å². The molecule has 0 amide bonds. The third-order valence-electron chi connectivity index (χ3n) is 3.16. The summed E-state index contributed by atoms with van der Waals surface area (Å²) < 4.78 is 0. The fourth-order valence-electron chi connectivity index (χ4n) is 2.43. The highest BCUT2D eigenvalue weighted by molar-refractivity contribution is 5.85. The molecule has 0 saturated carbocycles. The first kappa shape index (κ1) is 16.5. The zero-order chi connectivity index (χ0) is 12.3. The predicted octanol–water partition coefficient (Wildman–Crippen LogP) is 4.47. The lowest BCUT2D eigenvalue weighted by atomic mass is 9.91. The Hall–Kier alpha value is -0.530. The van der Waals surface area contributed by atoms with Crippen LogP contribution in [0.2, 0.25) is 0 Å². The molecule has 2 N–H and O–H groups in total. The van der Waals surface area contributed by atoms with Gasteiger partial charge in [0.05, 0.1) is 0 Å². The van der Waals surface area contributed by atoms with Crippen molar-refractivity contribution in [1.82, 2.24) is 0 Å². The Morgan fingerprint density at radius 2 is 1.47 bits per heavy atom. The fraction of sp³-hybridized carbons (Fsp3) is 0.600. The summed E-state index contributed by atoms with van der Waals surface area (Å²) >= 11 is 0. The predicted molar refractivity (Wildman–Crippen MR) is 78.9 cm³/mol. The molecule has 1 aromatic rings. The molecule has 0 fully saturated rings. The number of aryl methyl sites for hydroxylation is 3. The van der Waals surface area contributed by atoms with Crippen LogP contribution >= 0.6 is 12.4 Å². The van der Waals surface area contributed by atoms with Crippen LogP contribution in [-0.4, -0.2) is 0 Å². The van der Waals surface area contributed by atoms with Crippen molar-refractivity contribution in [3.05, 3.63) is 34.4 Å². The van der Waals surface area contributed by atoms with Gasteiger partial charge in [-0.2, -0.15) is 0 Å². The number of hydrogen-bond acceptors (Lipinski definition) is 1. The monoisotopic (exact) mass is 255 g/mol. The van der Waals surface area contributed by atoms with E-state index in [4.69, 9.17) is 5.73 Å². The maximum absolute atomic E-state index is 6.30. The highest BCUT2D eigenvalue weighted by Gasteiger charge is 2.12. The summed E-state index contributed by atoms with van der Waals surface area (Å²) in [5.41, 5.74) is 11.7. The minimum atomic E-state index is 0. The summed E-state index contributed by atoms with van der Waals surface area (Å²) in [5.74, 6) is 0.733. The van der Waals surface area contributed by atoms with Crippen molar-refractivity contribution in [3.63, 3.8) is 0 Å². The minimum Gasteiger partial charge on any atom is -0.324 e. The largest absolute Gasteiger partial charge is 0.324 e. The zero-order valence-electron chi connectivity index (χ0n) is 11.7. The van der Waals surface area contributed by atoms with Crippen molar-refractivity contribution in [2.24, 2.45) is 11.7 Å². The van der Waals surface area contributed by atoms with E-state index in [-0.39, 0.29) is 18.4 Å². The van der Waals surface area contributed by atoms with Gasteiger partial charge in [-0.05, 0) is 56.2 Å². The summed E-state index contributed by atoms with van der Waals surface area (Å²) in [6.07, 6.45) is 2.29. The van der Waals surface area contributed by atoms with Crippen LogP contribution in [0.3, 0.4) is 0 Å². The molecule has 0 aliphatic rings. The van der Waals surface area contributed by atoms with Crippen LogP contribution in [0.25, 0.3) is 0 Å². The average Bonchev–Trinajstić information content (AvgIpc) is 2.12. The summed E-state index contributed by atoms with van der Waals surface area (Å²) in [4.78, 5) is 0. The van der Waals surface area contributed by atoms with E-state index in [2.05, 4.69) is 46.8 Å². The van der Waals surface area contributed by atoms with E-state index in [1.165, 1.54) is 28.7 Å². The van der Waals surface area contributed by atoms with Crippen molar-refractivity contribution >= 4 is 12.4 Å².